The number of methoxy groups -OCH3 is 1. The molecule has 0 amide bonds. The minimum Gasteiger partial charge on any atom is -0.379 e. The van der Waals surface area contributed by atoms with Gasteiger partial charge in [0.05, 0.1) is 11.6 Å². The van der Waals surface area contributed by atoms with Crippen LogP contribution in [0.2, 0.25) is 0 Å². The lowest BCUT2D eigenvalue weighted by Gasteiger charge is -2.38. The maximum atomic E-state index is 10.7. The number of hydrogen-bond donors (Lipinski definition) is 1. The summed E-state index contributed by atoms with van der Waals surface area (Å²) in [6.45, 7) is 9.15. The van der Waals surface area contributed by atoms with E-state index in [4.69, 9.17) is 4.74 Å². The number of ether oxygens (including phenoxy) is 1. The summed E-state index contributed by atoms with van der Waals surface area (Å²) in [5, 5.41) is 10.7. The Hall–Kier alpha value is -1.41. The lowest BCUT2D eigenvalue weighted by atomic mass is 9.93. The van der Waals surface area contributed by atoms with Crippen molar-refractivity contribution in [2.24, 2.45) is 0 Å². The molecule has 1 aromatic heterocycles. The van der Waals surface area contributed by atoms with Crippen LogP contribution in [0.5, 0.6) is 0 Å². The first-order valence-corrected chi connectivity index (χ1v) is 10.2. The first-order valence-electron chi connectivity index (χ1n) is 10.2. The molecule has 0 spiro atoms. The lowest BCUT2D eigenvalue weighted by molar-refractivity contribution is 0.00830. The van der Waals surface area contributed by atoms with E-state index in [1.165, 1.54) is 18.4 Å². The fourth-order valence-corrected chi connectivity index (χ4v) is 3.71. The van der Waals surface area contributed by atoms with Crippen LogP contribution in [-0.4, -0.2) is 45.9 Å². The Morgan fingerprint density at radius 2 is 2.11 bits per heavy atom. The Kier molecular flexibility index (Phi) is 7.85. The van der Waals surface area contributed by atoms with Crippen molar-refractivity contribution < 1.29 is 9.84 Å². The minimum atomic E-state index is -0.961. The summed E-state index contributed by atoms with van der Waals surface area (Å²) in [4.78, 5) is 6.74. The molecule has 1 fully saturated rings. The van der Waals surface area contributed by atoms with Crippen LogP contribution < -0.4 is 0 Å². The van der Waals surface area contributed by atoms with Gasteiger partial charge in [-0.15, -0.1) is 0 Å². The van der Waals surface area contributed by atoms with Crippen molar-refractivity contribution >= 4 is 0 Å². The lowest BCUT2D eigenvalue weighted by Crippen LogP contribution is -2.39. The summed E-state index contributed by atoms with van der Waals surface area (Å²) in [7, 11) is 1.73. The van der Waals surface area contributed by atoms with Crippen molar-refractivity contribution in [3.63, 3.8) is 0 Å². The molecule has 2 rings (SSSR count). The quantitative estimate of drug-likeness (QED) is 0.723. The first-order chi connectivity index (χ1) is 12.7. The zero-order chi connectivity index (χ0) is 19.9. The second-order valence-corrected chi connectivity index (χ2v) is 8.57. The summed E-state index contributed by atoms with van der Waals surface area (Å²) in [5.41, 5.74) is 0.151. The molecule has 27 heavy (non-hydrogen) atoms. The van der Waals surface area contributed by atoms with Crippen molar-refractivity contribution in [2.75, 3.05) is 13.7 Å². The average Bonchev–Trinajstić information content (AvgIpc) is 2.66. The number of nitrogens with zero attached hydrogens (tertiary/aromatic N) is 2. The van der Waals surface area contributed by atoms with Gasteiger partial charge in [-0.25, -0.2) is 0 Å². The molecule has 1 aliphatic rings. The maximum absolute atomic E-state index is 10.7. The van der Waals surface area contributed by atoms with Crippen LogP contribution in [0.3, 0.4) is 0 Å². The first kappa shape index (κ1) is 21.9. The third-order valence-corrected chi connectivity index (χ3v) is 5.66. The molecule has 150 valence electrons. The number of likely N-dealkylation sites (tertiary alicyclic amines) is 1. The van der Waals surface area contributed by atoms with E-state index in [9.17, 15) is 5.11 Å². The van der Waals surface area contributed by atoms with Crippen LogP contribution in [0.4, 0.5) is 0 Å². The van der Waals surface area contributed by atoms with Gasteiger partial charge >= 0.3 is 0 Å². The molecule has 1 aliphatic heterocycles. The van der Waals surface area contributed by atoms with E-state index in [0.717, 1.165) is 25.8 Å². The molecule has 1 saturated heterocycles. The van der Waals surface area contributed by atoms with E-state index < -0.39 is 5.60 Å². The normalized spacial score (nSPS) is 21.8. The summed E-state index contributed by atoms with van der Waals surface area (Å²) in [6.07, 6.45) is 9.82. The average molecular weight is 373 g/mol. The second-order valence-electron chi connectivity index (χ2n) is 8.57. The summed E-state index contributed by atoms with van der Waals surface area (Å²) < 4.78 is 5.45. The van der Waals surface area contributed by atoms with Crippen molar-refractivity contribution in [3.8, 4) is 11.8 Å². The Morgan fingerprint density at radius 3 is 2.78 bits per heavy atom. The molecular formula is C23H36N2O2. The number of piperidine rings is 1. The van der Waals surface area contributed by atoms with Gasteiger partial charge in [-0.3, -0.25) is 9.88 Å². The summed E-state index contributed by atoms with van der Waals surface area (Å²) in [6, 6.07) is 4.64. The van der Waals surface area contributed by atoms with E-state index in [-0.39, 0.29) is 11.6 Å². The van der Waals surface area contributed by atoms with E-state index in [1.807, 2.05) is 25.4 Å². The molecule has 3 atom stereocenters. The highest BCUT2D eigenvalue weighted by molar-refractivity contribution is 5.20. The molecule has 3 unspecified atom stereocenters. The number of rotatable bonds is 7. The molecule has 0 saturated carbocycles. The van der Waals surface area contributed by atoms with Gasteiger partial charge in [0.25, 0.3) is 0 Å². The number of aliphatic hydroxyl groups is 1. The van der Waals surface area contributed by atoms with E-state index >= 15 is 0 Å². The topological polar surface area (TPSA) is 45.6 Å². The zero-order valence-electron chi connectivity index (χ0n) is 17.7. The Bertz CT molecular complexity index is 631. The van der Waals surface area contributed by atoms with Gasteiger partial charge < -0.3 is 9.84 Å². The van der Waals surface area contributed by atoms with Crippen LogP contribution in [0.25, 0.3) is 0 Å². The van der Waals surface area contributed by atoms with Crippen LogP contribution in [-0.2, 0) is 4.74 Å². The van der Waals surface area contributed by atoms with Crippen LogP contribution in [0.15, 0.2) is 24.5 Å². The predicted molar refractivity (Wildman–Crippen MR) is 110 cm³/mol. The smallest absolute Gasteiger partial charge is 0.122 e. The molecule has 0 bridgehead atoms. The van der Waals surface area contributed by atoms with Crippen LogP contribution in [0, 0.1) is 11.8 Å². The van der Waals surface area contributed by atoms with Crippen molar-refractivity contribution in [1.29, 1.82) is 0 Å². The van der Waals surface area contributed by atoms with Gasteiger partial charge in [0, 0.05) is 25.5 Å². The Morgan fingerprint density at radius 1 is 1.33 bits per heavy atom. The Balaban J connectivity index is 1.99. The molecule has 1 aromatic rings. The van der Waals surface area contributed by atoms with Crippen molar-refractivity contribution in [3.05, 3.63) is 30.1 Å². The Labute approximate surface area is 165 Å². The predicted octanol–water partition coefficient (Wildman–Crippen LogP) is 4.35. The van der Waals surface area contributed by atoms with E-state index in [1.54, 1.807) is 7.11 Å². The third-order valence-electron chi connectivity index (χ3n) is 5.66. The molecule has 1 N–H and O–H groups in total. The summed E-state index contributed by atoms with van der Waals surface area (Å²) >= 11 is 0. The van der Waals surface area contributed by atoms with Crippen LogP contribution >= 0.6 is 0 Å². The fourth-order valence-electron chi connectivity index (χ4n) is 3.71. The highest BCUT2D eigenvalue weighted by Gasteiger charge is 2.27. The van der Waals surface area contributed by atoms with Gasteiger partial charge in [0.2, 0.25) is 0 Å². The fraction of sp³-hybridized carbons (Fsp3) is 0.696. The second kappa shape index (κ2) is 9.68. The van der Waals surface area contributed by atoms with Crippen LogP contribution in [0.1, 0.15) is 77.8 Å². The van der Waals surface area contributed by atoms with E-state index in [2.05, 4.69) is 48.6 Å². The van der Waals surface area contributed by atoms with Gasteiger partial charge in [-0.1, -0.05) is 24.3 Å². The highest BCUT2D eigenvalue weighted by Crippen LogP contribution is 2.32. The van der Waals surface area contributed by atoms with Crippen molar-refractivity contribution in [1.82, 2.24) is 9.88 Å². The number of hydrogen-bond acceptors (Lipinski definition) is 4. The molecule has 0 aliphatic carbocycles. The molecule has 2 heterocycles. The molecule has 0 radical (unpaired) electrons. The van der Waals surface area contributed by atoms with Gasteiger partial charge in [0.15, 0.2) is 0 Å². The minimum absolute atomic E-state index is 0.109. The van der Waals surface area contributed by atoms with Gasteiger partial charge in [-0.05, 0) is 78.0 Å². The van der Waals surface area contributed by atoms with Gasteiger partial charge in [-0.2, -0.15) is 0 Å². The number of aromatic nitrogens is 1. The molecule has 4 heteroatoms. The SMILES string of the molecule is COC(C)(C)CCCC(C)(O)C#CC(C)N1CCCCC1c1cccnc1. The number of pyridine rings is 1. The molecule has 4 nitrogen and oxygen atoms in total. The molecular weight excluding hydrogens is 336 g/mol. The third kappa shape index (κ3) is 6.92. The van der Waals surface area contributed by atoms with Crippen molar-refractivity contribution in [2.45, 2.75) is 89.5 Å². The van der Waals surface area contributed by atoms with Gasteiger partial charge in [0.1, 0.15) is 5.60 Å². The zero-order valence-corrected chi connectivity index (χ0v) is 17.7. The highest BCUT2D eigenvalue weighted by atomic mass is 16.5. The largest absolute Gasteiger partial charge is 0.379 e. The summed E-state index contributed by atoms with van der Waals surface area (Å²) in [5.74, 6) is 6.47. The van der Waals surface area contributed by atoms with E-state index in [0.29, 0.717) is 12.5 Å². The maximum Gasteiger partial charge on any atom is 0.122 e. The standard InChI is InChI=1S/C23H36N2O2/c1-19(12-15-23(4,26)14-9-13-22(2,3)27-5)25-17-7-6-11-21(25)20-10-8-16-24-18-20/h8,10,16,18-19,21,26H,6-7,9,11,13-14,17H2,1-5H3. The monoisotopic (exact) mass is 372 g/mol. The molecule has 0 aromatic carbocycles.